The Kier molecular flexibility index (Phi) is 8.49. The molecule has 0 spiro atoms. The summed E-state index contributed by atoms with van der Waals surface area (Å²) in [7, 11) is 1.69. The Hall–Kier alpha value is -1.00. The van der Waals surface area contributed by atoms with E-state index in [1.165, 1.54) is 5.56 Å². The third-order valence-electron chi connectivity index (χ3n) is 4.30. The van der Waals surface area contributed by atoms with E-state index in [9.17, 15) is 0 Å². The number of aliphatic imine (C=N–C) groups is 1. The normalized spacial score (nSPS) is 15.4. The van der Waals surface area contributed by atoms with Crippen molar-refractivity contribution in [1.29, 1.82) is 0 Å². The topological polar surface area (TPSA) is 34.5 Å². The van der Waals surface area contributed by atoms with E-state index in [1.807, 2.05) is 6.07 Å². The van der Waals surface area contributed by atoms with Gasteiger partial charge in [-0.05, 0) is 41.3 Å². The summed E-state index contributed by atoms with van der Waals surface area (Å²) in [6, 6.07) is 6.17. The Bertz CT molecular complexity index is 744. The van der Waals surface area contributed by atoms with Gasteiger partial charge in [0.2, 0.25) is 0 Å². The van der Waals surface area contributed by atoms with Gasteiger partial charge >= 0.3 is 0 Å². The van der Waals surface area contributed by atoms with E-state index in [0.29, 0.717) is 22.4 Å². The molecule has 0 aliphatic carbocycles. The van der Waals surface area contributed by atoms with Gasteiger partial charge in [-0.1, -0.05) is 30.1 Å². The third kappa shape index (κ3) is 4.59. The first-order valence-corrected chi connectivity index (χ1v) is 8.39. The average Bonchev–Trinajstić information content (AvgIpc) is 2.57. The largest absolute Gasteiger partial charge is 0.497 e. The maximum atomic E-state index is 6.26. The summed E-state index contributed by atoms with van der Waals surface area (Å²) in [6.45, 7) is 2.97. The van der Waals surface area contributed by atoms with Crippen molar-refractivity contribution in [3.63, 3.8) is 0 Å². The zero-order chi connectivity index (χ0) is 16.4. The molecule has 1 unspecified atom stereocenters. The standard InChI is InChI=1S/C18H18Cl2N2O.2ClH/c1-3-11-8-22-18(7-15-16(19)9-21-10-17(15)20)13-5-4-12(23-2)6-14(11)13;;/h4-6,9-11H,3,7-8H2,1-2H3;2*1H. The van der Waals surface area contributed by atoms with Crippen LogP contribution in [0.2, 0.25) is 10.0 Å². The molecule has 0 N–H and O–H groups in total. The van der Waals surface area contributed by atoms with Crippen LogP contribution in [0.5, 0.6) is 5.75 Å². The lowest BCUT2D eigenvalue weighted by molar-refractivity contribution is 0.413. The van der Waals surface area contributed by atoms with Crippen LogP contribution >= 0.6 is 48.0 Å². The van der Waals surface area contributed by atoms with Crippen LogP contribution in [-0.4, -0.2) is 24.4 Å². The van der Waals surface area contributed by atoms with Crippen LogP contribution in [0.25, 0.3) is 0 Å². The number of methoxy groups -OCH3 is 1. The molecule has 0 bridgehead atoms. The van der Waals surface area contributed by atoms with Gasteiger partial charge in [-0.2, -0.15) is 0 Å². The van der Waals surface area contributed by atoms with Crippen molar-refractivity contribution in [2.24, 2.45) is 4.99 Å². The Morgan fingerprint density at radius 2 is 1.84 bits per heavy atom. The lowest BCUT2D eigenvalue weighted by Gasteiger charge is -2.25. The fraction of sp³-hybridized carbons (Fsp3) is 0.333. The Balaban J connectivity index is 0.00000156. The highest BCUT2D eigenvalue weighted by molar-refractivity contribution is 6.36. The minimum atomic E-state index is 0. The first kappa shape index (κ1) is 22.0. The Morgan fingerprint density at radius 3 is 2.44 bits per heavy atom. The highest BCUT2D eigenvalue weighted by atomic mass is 35.5. The predicted molar refractivity (Wildman–Crippen MR) is 110 cm³/mol. The fourth-order valence-corrected chi connectivity index (χ4v) is 3.45. The summed E-state index contributed by atoms with van der Waals surface area (Å²) in [4.78, 5) is 8.80. The van der Waals surface area contributed by atoms with Gasteiger partial charge < -0.3 is 4.74 Å². The van der Waals surface area contributed by atoms with Crippen LogP contribution in [0.4, 0.5) is 0 Å². The summed E-state index contributed by atoms with van der Waals surface area (Å²) in [6.07, 6.45) is 4.90. The highest BCUT2D eigenvalue weighted by Gasteiger charge is 2.23. The van der Waals surface area contributed by atoms with Crippen molar-refractivity contribution >= 4 is 53.7 Å². The second-order valence-electron chi connectivity index (χ2n) is 5.60. The monoisotopic (exact) mass is 420 g/mol. The lowest BCUT2D eigenvalue weighted by atomic mass is 9.86. The van der Waals surface area contributed by atoms with Gasteiger partial charge in [-0.15, -0.1) is 24.8 Å². The molecule has 0 radical (unpaired) electrons. The molecule has 0 amide bonds. The van der Waals surface area contributed by atoms with Gasteiger partial charge in [-0.25, -0.2) is 0 Å². The molecule has 1 aromatic heterocycles. The summed E-state index contributed by atoms with van der Waals surface area (Å²) >= 11 is 12.5. The van der Waals surface area contributed by atoms with Crippen LogP contribution in [0.3, 0.4) is 0 Å². The van der Waals surface area contributed by atoms with E-state index >= 15 is 0 Å². The first-order valence-electron chi connectivity index (χ1n) is 7.63. The first-order chi connectivity index (χ1) is 11.1. The van der Waals surface area contributed by atoms with Crippen LogP contribution in [0.1, 0.15) is 36.0 Å². The number of nitrogens with zero attached hydrogens (tertiary/aromatic N) is 2. The lowest BCUT2D eigenvalue weighted by Crippen LogP contribution is -2.19. The molecule has 0 saturated heterocycles. The molecular weight excluding hydrogens is 402 g/mol. The van der Waals surface area contributed by atoms with Crippen molar-refractivity contribution in [3.05, 3.63) is 57.3 Å². The fourth-order valence-electron chi connectivity index (χ4n) is 2.95. The minimum absolute atomic E-state index is 0. The summed E-state index contributed by atoms with van der Waals surface area (Å²) in [5.74, 6) is 1.30. The van der Waals surface area contributed by atoms with Crippen LogP contribution in [0.15, 0.2) is 35.6 Å². The van der Waals surface area contributed by atoms with Crippen molar-refractivity contribution in [2.45, 2.75) is 25.7 Å². The smallest absolute Gasteiger partial charge is 0.119 e. The molecule has 1 aliphatic heterocycles. The van der Waals surface area contributed by atoms with Crippen molar-refractivity contribution in [1.82, 2.24) is 4.98 Å². The quantitative estimate of drug-likeness (QED) is 0.626. The number of aromatic nitrogens is 1. The number of hydrogen-bond donors (Lipinski definition) is 0. The zero-order valence-corrected chi connectivity index (χ0v) is 17.1. The predicted octanol–water partition coefficient (Wildman–Crippen LogP) is 5.78. The number of benzene rings is 1. The van der Waals surface area contributed by atoms with Gasteiger partial charge in [0, 0.05) is 37.0 Å². The molecule has 3 nitrogen and oxygen atoms in total. The Morgan fingerprint density at radius 1 is 1.16 bits per heavy atom. The van der Waals surface area contributed by atoms with Gasteiger partial charge in [0.25, 0.3) is 0 Å². The molecule has 3 rings (SSSR count). The molecular formula is C18H20Cl4N2O. The molecule has 0 saturated carbocycles. The molecule has 2 aromatic rings. The molecule has 1 atom stereocenters. The maximum Gasteiger partial charge on any atom is 0.119 e. The number of ether oxygens (including phenoxy) is 1. The molecule has 25 heavy (non-hydrogen) atoms. The second-order valence-corrected chi connectivity index (χ2v) is 6.42. The molecule has 136 valence electrons. The second kappa shape index (κ2) is 9.63. The number of pyridine rings is 1. The van der Waals surface area contributed by atoms with E-state index < -0.39 is 0 Å². The van der Waals surface area contributed by atoms with Crippen LogP contribution < -0.4 is 4.74 Å². The van der Waals surface area contributed by atoms with E-state index in [4.69, 9.17) is 32.9 Å². The molecule has 7 heteroatoms. The molecule has 1 aliphatic rings. The van der Waals surface area contributed by atoms with Crippen molar-refractivity contribution < 1.29 is 4.74 Å². The zero-order valence-electron chi connectivity index (χ0n) is 14.0. The van der Waals surface area contributed by atoms with Gasteiger partial charge in [-0.3, -0.25) is 9.98 Å². The SMILES string of the molecule is CCC1CN=C(Cc2c(Cl)cncc2Cl)c2ccc(OC)cc21.Cl.Cl. The van der Waals surface area contributed by atoms with E-state index in [-0.39, 0.29) is 24.8 Å². The van der Waals surface area contributed by atoms with Gasteiger partial charge in [0.15, 0.2) is 0 Å². The summed E-state index contributed by atoms with van der Waals surface area (Å²) < 4.78 is 5.37. The van der Waals surface area contributed by atoms with E-state index in [0.717, 1.165) is 35.6 Å². The van der Waals surface area contributed by atoms with E-state index in [1.54, 1.807) is 19.5 Å². The summed E-state index contributed by atoms with van der Waals surface area (Å²) in [5.41, 5.74) is 4.34. The number of rotatable bonds is 4. The van der Waals surface area contributed by atoms with Crippen molar-refractivity contribution in [2.75, 3.05) is 13.7 Å². The van der Waals surface area contributed by atoms with Crippen LogP contribution in [-0.2, 0) is 6.42 Å². The van der Waals surface area contributed by atoms with Gasteiger partial charge in [0.1, 0.15) is 5.75 Å². The van der Waals surface area contributed by atoms with E-state index in [2.05, 4.69) is 24.0 Å². The maximum absolute atomic E-state index is 6.26. The number of fused-ring (bicyclic) bond motifs is 1. The number of hydrogen-bond acceptors (Lipinski definition) is 3. The minimum Gasteiger partial charge on any atom is -0.497 e. The highest BCUT2D eigenvalue weighted by Crippen LogP contribution is 2.33. The third-order valence-corrected chi connectivity index (χ3v) is 4.95. The van der Waals surface area contributed by atoms with Crippen LogP contribution in [0, 0.1) is 0 Å². The summed E-state index contributed by atoms with van der Waals surface area (Å²) in [5, 5.41) is 1.15. The number of halogens is 4. The van der Waals surface area contributed by atoms with Crippen molar-refractivity contribution in [3.8, 4) is 5.75 Å². The Labute approximate surface area is 170 Å². The molecule has 1 aromatic carbocycles. The van der Waals surface area contributed by atoms with Gasteiger partial charge in [0.05, 0.1) is 17.2 Å². The average molecular weight is 422 g/mol. The molecule has 0 fully saturated rings. The molecule has 2 heterocycles.